The number of pyridine rings is 1. The first-order valence-electron chi connectivity index (χ1n) is 7.09. The van der Waals surface area contributed by atoms with E-state index >= 15 is 0 Å². The van der Waals surface area contributed by atoms with Crippen molar-refractivity contribution >= 4 is 23.6 Å². The van der Waals surface area contributed by atoms with Gasteiger partial charge in [0.2, 0.25) is 0 Å². The Morgan fingerprint density at radius 1 is 1.33 bits per heavy atom. The smallest absolute Gasteiger partial charge is 0.354 e. The summed E-state index contributed by atoms with van der Waals surface area (Å²) in [7, 11) is 0. The van der Waals surface area contributed by atoms with Gasteiger partial charge < -0.3 is 10.4 Å². The lowest BCUT2D eigenvalue weighted by atomic mass is 9.88. The first kappa shape index (κ1) is 15.8. The van der Waals surface area contributed by atoms with Crippen molar-refractivity contribution in [2.45, 2.75) is 36.9 Å². The fourth-order valence-corrected chi connectivity index (χ4v) is 3.56. The molecule has 0 aromatic carbocycles. The van der Waals surface area contributed by atoms with Gasteiger partial charge in [0.25, 0.3) is 5.91 Å². The van der Waals surface area contributed by atoms with Crippen molar-refractivity contribution in [3.05, 3.63) is 29.6 Å². The summed E-state index contributed by atoms with van der Waals surface area (Å²) in [5.41, 5.74) is 0.339. The maximum Gasteiger partial charge on any atom is 0.354 e. The molecule has 0 aliphatic heterocycles. The molecule has 1 aromatic rings. The molecule has 0 radical (unpaired) electrons. The summed E-state index contributed by atoms with van der Waals surface area (Å²) >= 11 is 1.83. The fraction of sp³-hybridized carbons (Fsp3) is 0.533. The number of carboxylic acids is 1. The van der Waals surface area contributed by atoms with Gasteiger partial charge in [-0.05, 0) is 31.2 Å². The van der Waals surface area contributed by atoms with E-state index < -0.39 is 5.97 Å². The predicted molar refractivity (Wildman–Crippen MR) is 82.9 cm³/mol. The Hall–Kier alpha value is -1.56. The molecule has 1 saturated carbocycles. The van der Waals surface area contributed by atoms with Gasteiger partial charge >= 0.3 is 5.97 Å². The monoisotopic (exact) mass is 308 g/mol. The first-order chi connectivity index (χ1) is 10.1. The highest BCUT2D eigenvalue weighted by Crippen LogP contribution is 2.37. The van der Waals surface area contributed by atoms with E-state index in [0.29, 0.717) is 12.1 Å². The normalized spacial score (nSPS) is 17.2. The molecule has 0 unspecified atom stereocenters. The minimum absolute atomic E-state index is 0.0561. The van der Waals surface area contributed by atoms with Gasteiger partial charge in [-0.2, -0.15) is 11.8 Å². The average molecular weight is 308 g/mol. The second-order valence-electron chi connectivity index (χ2n) is 5.37. The van der Waals surface area contributed by atoms with Gasteiger partial charge in [0.15, 0.2) is 0 Å². The number of nitrogens with zero attached hydrogens (tertiary/aromatic N) is 1. The van der Waals surface area contributed by atoms with Crippen molar-refractivity contribution in [2.75, 3.05) is 12.8 Å². The summed E-state index contributed by atoms with van der Waals surface area (Å²) in [6, 6.07) is 2.85. The zero-order valence-corrected chi connectivity index (χ0v) is 12.9. The minimum atomic E-state index is -1.09. The number of amides is 1. The van der Waals surface area contributed by atoms with Crippen molar-refractivity contribution in [1.82, 2.24) is 10.3 Å². The van der Waals surface area contributed by atoms with Crippen molar-refractivity contribution < 1.29 is 14.7 Å². The number of nitrogens with one attached hydrogen (secondary N) is 1. The Balaban J connectivity index is 1.96. The summed E-state index contributed by atoms with van der Waals surface area (Å²) in [6.07, 6.45) is 9.37. The molecular formula is C15H20N2O3S. The minimum Gasteiger partial charge on any atom is -0.477 e. The van der Waals surface area contributed by atoms with E-state index in [0.717, 1.165) is 12.8 Å². The number of carboxylic acid groups (broad SMARTS) is 1. The second kappa shape index (κ2) is 6.93. The third-order valence-electron chi connectivity index (χ3n) is 4.01. The highest BCUT2D eigenvalue weighted by molar-refractivity contribution is 8.00. The Morgan fingerprint density at radius 2 is 2.05 bits per heavy atom. The van der Waals surface area contributed by atoms with Crippen LogP contribution in [0.4, 0.5) is 0 Å². The SMILES string of the molecule is CSC1(CNC(=O)c2ccc(C(=O)O)nc2)CCCCC1. The molecule has 6 heteroatoms. The van der Waals surface area contributed by atoms with Crippen LogP contribution in [0, 0.1) is 0 Å². The van der Waals surface area contributed by atoms with Crippen LogP contribution < -0.4 is 5.32 Å². The lowest BCUT2D eigenvalue weighted by molar-refractivity contribution is 0.0689. The number of carbonyl (C=O) groups excluding carboxylic acids is 1. The van der Waals surface area contributed by atoms with Crippen LogP contribution >= 0.6 is 11.8 Å². The molecule has 0 bridgehead atoms. The predicted octanol–water partition coefficient (Wildman–Crippen LogP) is 2.58. The molecule has 1 fully saturated rings. The summed E-state index contributed by atoms with van der Waals surface area (Å²) in [5.74, 6) is -1.29. The van der Waals surface area contributed by atoms with E-state index in [1.807, 2.05) is 11.8 Å². The summed E-state index contributed by atoms with van der Waals surface area (Å²) in [4.78, 5) is 26.6. The molecule has 5 nitrogen and oxygen atoms in total. The Labute approximate surface area is 128 Å². The molecule has 2 rings (SSSR count). The van der Waals surface area contributed by atoms with Crippen molar-refractivity contribution in [2.24, 2.45) is 0 Å². The lowest BCUT2D eigenvalue weighted by Crippen LogP contribution is -2.41. The molecule has 1 amide bonds. The van der Waals surface area contributed by atoms with Crippen LogP contribution in [0.2, 0.25) is 0 Å². The second-order valence-corrected chi connectivity index (χ2v) is 6.64. The standard InChI is InChI=1S/C15H20N2O3S/c1-21-15(7-3-2-4-8-15)10-17-13(18)11-5-6-12(14(19)20)16-9-11/h5-6,9H,2-4,7-8,10H2,1H3,(H,17,18)(H,19,20). The molecule has 1 aliphatic rings. The van der Waals surface area contributed by atoms with Crippen molar-refractivity contribution in [3.63, 3.8) is 0 Å². The number of thioether (sulfide) groups is 1. The van der Waals surface area contributed by atoms with Gasteiger partial charge in [-0.1, -0.05) is 19.3 Å². The van der Waals surface area contributed by atoms with E-state index in [2.05, 4.69) is 16.6 Å². The molecule has 114 valence electrons. The molecular weight excluding hydrogens is 288 g/mol. The Morgan fingerprint density at radius 3 is 2.57 bits per heavy atom. The summed E-state index contributed by atoms with van der Waals surface area (Å²) < 4.78 is 0.141. The zero-order chi connectivity index (χ0) is 15.3. The third kappa shape index (κ3) is 3.97. The maximum absolute atomic E-state index is 12.1. The first-order valence-corrected chi connectivity index (χ1v) is 8.31. The van der Waals surface area contributed by atoms with E-state index in [-0.39, 0.29) is 16.3 Å². The molecule has 21 heavy (non-hydrogen) atoms. The number of carbonyl (C=O) groups is 2. The zero-order valence-electron chi connectivity index (χ0n) is 12.1. The quantitative estimate of drug-likeness (QED) is 0.874. The van der Waals surface area contributed by atoms with Crippen molar-refractivity contribution in [1.29, 1.82) is 0 Å². The molecule has 0 spiro atoms. The van der Waals surface area contributed by atoms with Crippen LogP contribution in [0.25, 0.3) is 0 Å². The van der Waals surface area contributed by atoms with E-state index in [4.69, 9.17) is 5.11 Å². The Bertz CT molecular complexity index is 510. The number of hydrogen-bond donors (Lipinski definition) is 2. The lowest BCUT2D eigenvalue weighted by Gasteiger charge is -2.35. The summed E-state index contributed by atoms with van der Waals surface area (Å²) in [6.45, 7) is 0.647. The number of aromatic carboxylic acids is 1. The van der Waals surface area contributed by atoms with Crippen LogP contribution in [0.3, 0.4) is 0 Å². The van der Waals surface area contributed by atoms with Gasteiger partial charge in [-0.3, -0.25) is 4.79 Å². The van der Waals surface area contributed by atoms with Crippen LogP contribution in [0.1, 0.15) is 53.0 Å². The number of aromatic nitrogens is 1. The van der Waals surface area contributed by atoms with E-state index in [1.165, 1.54) is 37.6 Å². The number of hydrogen-bond acceptors (Lipinski definition) is 4. The average Bonchev–Trinajstić information content (AvgIpc) is 2.53. The fourth-order valence-electron chi connectivity index (χ4n) is 2.65. The molecule has 1 heterocycles. The van der Waals surface area contributed by atoms with Crippen LogP contribution in [-0.2, 0) is 0 Å². The molecule has 0 saturated heterocycles. The van der Waals surface area contributed by atoms with E-state index in [1.54, 1.807) is 0 Å². The topological polar surface area (TPSA) is 79.3 Å². The Kier molecular flexibility index (Phi) is 5.22. The molecule has 2 N–H and O–H groups in total. The highest BCUT2D eigenvalue weighted by atomic mass is 32.2. The number of rotatable bonds is 5. The largest absolute Gasteiger partial charge is 0.477 e. The van der Waals surface area contributed by atoms with Crippen LogP contribution in [0.15, 0.2) is 18.3 Å². The summed E-state index contributed by atoms with van der Waals surface area (Å²) in [5, 5.41) is 11.7. The van der Waals surface area contributed by atoms with Gasteiger partial charge in [0.05, 0.1) is 5.56 Å². The van der Waals surface area contributed by atoms with Gasteiger partial charge in [0, 0.05) is 17.5 Å². The van der Waals surface area contributed by atoms with Gasteiger partial charge in [0.1, 0.15) is 5.69 Å². The van der Waals surface area contributed by atoms with Crippen molar-refractivity contribution in [3.8, 4) is 0 Å². The highest BCUT2D eigenvalue weighted by Gasteiger charge is 2.31. The van der Waals surface area contributed by atoms with Gasteiger partial charge in [-0.25, -0.2) is 9.78 Å². The third-order valence-corrected chi connectivity index (χ3v) is 5.43. The van der Waals surface area contributed by atoms with Crippen LogP contribution in [0.5, 0.6) is 0 Å². The van der Waals surface area contributed by atoms with E-state index in [9.17, 15) is 9.59 Å². The molecule has 0 atom stereocenters. The van der Waals surface area contributed by atoms with Gasteiger partial charge in [-0.15, -0.1) is 0 Å². The van der Waals surface area contributed by atoms with Crippen LogP contribution in [-0.4, -0.2) is 39.5 Å². The molecule has 1 aromatic heterocycles. The maximum atomic E-state index is 12.1. The molecule has 1 aliphatic carbocycles.